The van der Waals surface area contributed by atoms with Crippen LogP contribution in [0.2, 0.25) is 0 Å². The van der Waals surface area contributed by atoms with Crippen molar-refractivity contribution in [3.05, 3.63) is 48.2 Å². The molecule has 0 spiro atoms. The van der Waals surface area contributed by atoms with Gasteiger partial charge in [-0.1, -0.05) is 12.1 Å². The van der Waals surface area contributed by atoms with Crippen LogP contribution in [0.25, 0.3) is 0 Å². The van der Waals surface area contributed by atoms with Gasteiger partial charge in [-0.2, -0.15) is 0 Å². The molecule has 0 amide bonds. The van der Waals surface area contributed by atoms with E-state index in [0.717, 1.165) is 11.8 Å². The summed E-state index contributed by atoms with van der Waals surface area (Å²) in [6.07, 6.45) is 2.77. The molecule has 0 saturated heterocycles. The topological polar surface area (TPSA) is 82.3 Å². The fraction of sp³-hybridized carbons (Fsp3) is 0.154. The standard InChI is InChI=1S/C13H14N2O3S/c1-19(16,17)12-4-2-3-11(7-12)18-13-6-5-10(8-14)9-15-13/h2-7,9H,8,14H2,1H3. The predicted octanol–water partition coefficient (Wildman–Crippen LogP) is 1.74. The van der Waals surface area contributed by atoms with Crippen LogP contribution in [0, 0.1) is 0 Å². The van der Waals surface area contributed by atoms with Crippen LogP contribution < -0.4 is 10.5 Å². The summed E-state index contributed by atoms with van der Waals surface area (Å²) >= 11 is 0. The van der Waals surface area contributed by atoms with Gasteiger partial charge in [0, 0.05) is 25.1 Å². The monoisotopic (exact) mass is 278 g/mol. The van der Waals surface area contributed by atoms with Gasteiger partial charge in [0.25, 0.3) is 0 Å². The number of hydrogen-bond acceptors (Lipinski definition) is 5. The van der Waals surface area contributed by atoms with Crippen LogP contribution in [0.4, 0.5) is 0 Å². The summed E-state index contributed by atoms with van der Waals surface area (Å²) in [6, 6.07) is 9.78. The largest absolute Gasteiger partial charge is 0.439 e. The number of ether oxygens (including phenoxy) is 1. The van der Waals surface area contributed by atoms with Crippen molar-refractivity contribution in [3.63, 3.8) is 0 Å². The molecule has 1 aromatic heterocycles. The summed E-state index contributed by atoms with van der Waals surface area (Å²) < 4.78 is 28.4. The van der Waals surface area contributed by atoms with Crippen molar-refractivity contribution in [1.29, 1.82) is 0 Å². The van der Waals surface area contributed by atoms with E-state index in [0.29, 0.717) is 18.2 Å². The second-order valence-corrected chi connectivity index (χ2v) is 6.07. The second kappa shape index (κ2) is 5.38. The average Bonchev–Trinajstić information content (AvgIpc) is 2.39. The molecule has 0 fully saturated rings. The van der Waals surface area contributed by atoms with E-state index in [-0.39, 0.29) is 4.90 Å². The van der Waals surface area contributed by atoms with E-state index < -0.39 is 9.84 Å². The first-order valence-electron chi connectivity index (χ1n) is 5.62. The fourth-order valence-corrected chi connectivity index (χ4v) is 2.14. The van der Waals surface area contributed by atoms with E-state index >= 15 is 0 Å². The van der Waals surface area contributed by atoms with Crippen LogP contribution in [0.15, 0.2) is 47.5 Å². The van der Waals surface area contributed by atoms with Crippen LogP contribution in [-0.2, 0) is 16.4 Å². The third-order valence-electron chi connectivity index (χ3n) is 2.49. The van der Waals surface area contributed by atoms with E-state index in [4.69, 9.17) is 10.5 Å². The van der Waals surface area contributed by atoms with Crippen molar-refractivity contribution < 1.29 is 13.2 Å². The predicted molar refractivity (Wildman–Crippen MR) is 71.8 cm³/mol. The molecule has 1 aromatic carbocycles. The van der Waals surface area contributed by atoms with Gasteiger partial charge in [0.15, 0.2) is 9.84 Å². The summed E-state index contributed by atoms with van der Waals surface area (Å²) in [4.78, 5) is 4.30. The van der Waals surface area contributed by atoms with Crippen molar-refractivity contribution in [2.45, 2.75) is 11.4 Å². The second-order valence-electron chi connectivity index (χ2n) is 4.06. The number of rotatable bonds is 4. The van der Waals surface area contributed by atoms with Gasteiger partial charge in [-0.25, -0.2) is 13.4 Å². The van der Waals surface area contributed by atoms with Gasteiger partial charge in [0.05, 0.1) is 4.90 Å². The molecule has 0 aliphatic rings. The Morgan fingerprint density at radius 3 is 2.63 bits per heavy atom. The van der Waals surface area contributed by atoms with Crippen molar-refractivity contribution in [1.82, 2.24) is 4.98 Å². The maximum Gasteiger partial charge on any atom is 0.219 e. The highest BCUT2D eigenvalue weighted by Crippen LogP contribution is 2.22. The molecule has 0 radical (unpaired) electrons. The first-order valence-corrected chi connectivity index (χ1v) is 7.51. The minimum atomic E-state index is -3.25. The minimum absolute atomic E-state index is 0.212. The lowest BCUT2D eigenvalue weighted by atomic mass is 10.3. The van der Waals surface area contributed by atoms with Crippen LogP contribution in [0.3, 0.4) is 0 Å². The number of pyridine rings is 1. The lowest BCUT2D eigenvalue weighted by Crippen LogP contribution is -1.98. The van der Waals surface area contributed by atoms with E-state index in [2.05, 4.69) is 4.98 Å². The SMILES string of the molecule is CS(=O)(=O)c1cccc(Oc2ccc(CN)cn2)c1. The first-order chi connectivity index (χ1) is 8.99. The molecule has 0 bridgehead atoms. The first kappa shape index (κ1) is 13.5. The normalized spacial score (nSPS) is 11.3. The zero-order valence-electron chi connectivity index (χ0n) is 10.4. The molecule has 0 aliphatic carbocycles. The van der Waals surface area contributed by atoms with Crippen molar-refractivity contribution in [3.8, 4) is 11.6 Å². The molecule has 100 valence electrons. The number of nitrogens with zero attached hydrogens (tertiary/aromatic N) is 1. The Morgan fingerprint density at radius 2 is 2.05 bits per heavy atom. The van der Waals surface area contributed by atoms with E-state index in [1.54, 1.807) is 24.4 Å². The van der Waals surface area contributed by atoms with Crippen molar-refractivity contribution >= 4 is 9.84 Å². The summed E-state index contributed by atoms with van der Waals surface area (Å²) in [6.45, 7) is 0.414. The molecule has 0 atom stereocenters. The van der Waals surface area contributed by atoms with Gasteiger partial charge in [-0.3, -0.25) is 0 Å². The van der Waals surface area contributed by atoms with Crippen LogP contribution >= 0.6 is 0 Å². The van der Waals surface area contributed by atoms with Gasteiger partial charge < -0.3 is 10.5 Å². The summed E-state index contributed by atoms with van der Waals surface area (Å²) in [5.41, 5.74) is 6.37. The number of benzene rings is 1. The zero-order valence-corrected chi connectivity index (χ0v) is 11.2. The van der Waals surface area contributed by atoms with Gasteiger partial charge in [0.1, 0.15) is 5.75 Å². The fourth-order valence-electron chi connectivity index (χ4n) is 1.48. The Kier molecular flexibility index (Phi) is 3.82. The van der Waals surface area contributed by atoms with Crippen molar-refractivity contribution in [2.24, 2.45) is 5.73 Å². The summed E-state index contributed by atoms with van der Waals surface area (Å²) in [5, 5.41) is 0. The van der Waals surface area contributed by atoms with Gasteiger partial charge >= 0.3 is 0 Å². The molecule has 2 aromatic rings. The number of aromatic nitrogens is 1. The van der Waals surface area contributed by atoms with E-state index in [9.17, 15) is 8.42 Å². The number of nitrogens with two attached hydrogens (primary N) is 1. The smallest absolute Gasteiger partial charge is 0.219 e. The molecule has 0 aliphatic heterocycles. The van der Waals surface area contributed by atoms with Gasteiger partial charge in [-0.05, 0) is 23.8 Å². The van der Waals surface area contributed by atoms with E-state index in [1.807, 2.05) is 6.07 Å². The maximum atomic E-state index is 11.4. The van der Waals surface area contributed by atoms with Gasteiger partial charge in [0.2, 0.25) is 5.88 Å². The molecule has 5 nitrogen and oxygen atoms in total. The number of hydrogen-bond donors (Lipinski definition) is 1. The molecular formula is C13H14N2O3S. The quantitative estimate of drug-likeness (QED) is 0.921. The third kappa shape index (κ3) is 3.52. The highest BCUT2D eigenvalue weighted by molar-refractivity contribution is 7.90. The molecule has 1 heterocycles. The molecule has 0 unspecified atom stereocenters. The molecular weight excluding hydrogens is 264 g/mol. The molecule has 2 rings (SSSR count). The highest BCUT2D eigenvalue weighted by Gasteiger charge is 2.08. The highest BCUT2D eigenvalue weighted by atomic mass is 32.2. The van der Waals surface area contributed by atoms with Crippen LogP contribution in [-0.4, -0.2) is 19.7 Å². The summed E-state index contributed by atoms with van der Waals surface area (Å²) in [7, 11) is -3.25. The maximum absolute atomic E-state index is 11.4. The lowest BCUT2D eigenvalue weighted by molar-refractivity contribution is 0.461. The van der Waals surface area contributed by atoms with Crippen molar-refractivity contribution in [2.75, 3.05) is 6.26 Å². The average molecular weight is 278 g/mol. The Bertz CT molecular complexity index is 667. The van der Waals surface area contributed by atoms with Crippen LogP contribution in [0.5, 0.6) is 11.6 Å². The van der Waals surface area contributed by atoms with Crippen LogP contribution in [0.1, 0.15) is 5.56 Å². The molecule has 6 heteroatoms. The Hall–Kier alpha value is -1.92. The third-order valence-corrected chi connectivity index (χ3v) is 3.60. The Morgan fingerprint density at radius 1 is 1.26 bits per heavy atom. The zero-order chi connectivity index (χ0) is 13.9. The Balaban J connectivity index is 2.23. The molecule has 19 heavy (non-hydrogen) atoms. The summed E-state index contributed by atoms with van der Waals surface area (Å²) in [5.74, 6) is 0.818. The Labute approximate surface area is 112 Å². The number of sulfone groups is 1. The molecule has 0 saturated carbocycles. The molecule has 2 N–H and O–H groups in total. The van der Waals surface area contributed by atoms with E-state index in [1.165, 1.54) is 12.1 Å². The van der Waals surface area contributed by atoms with Gasteiger partial charge in [-0.15, -0.1) is 0 Å². The minimum Gasteiger partial charge on any atom is -0.439 e. The lowest BCUT2D eigenvalue weighted by Gasteiger charge is -2.06.